The van der Waals surface area contributed by atoms with Gasteiger partial charge < -0.3 is 9.47 Å². The molecule has 0 N–H and O–H groups in total. The number of rotatable bonds is 5. The van der Waals surface area contributed by atoms with Crippen LogP contribution in [0.3, 0.4) is 0 Å². The zero-order valence-corrected chi connectivity index (χ0v) is 20.5. The molecule has 1 saturated heterocycles. The summed E-state index contributed by atoms with van der Waals surface area (Å²) in [6.07, 6.45) is 1.73. The van der Waals surface area contributed by atoms with Gasteiger partial charge in [0.1, 0.15) is 16.5 Å². The van der Waals surface area contributed by atoms with Gasteiger partial charge in [0.05, 0.1) is 30.6 Å². The first-order chi connectivity index (χ1) is 16.2. The number of ether oxygens (including phenoxy) is 2. The van der Waals surface area contributed by atoms with Gasteiger partial charge in [0.15, 0.2) is 17.4 Å². The summed E-state index contributed by atoms with van der Waals surface area (Å²) in [6, 6.07) is 1.77. The molecule has 1 fully saturated rings. The molecular formula is C22H26ClFN8O2. The van der Waals surface area contributed by atoms with E-state index in [0.717, 1.165) is 10.9 Å². The topological polar surface area (TPSA) is 97.7 Å². The Bertz CT molecular complexity index is 1370. The van der Waals surface area contributed by atoms with E-state index in [1.807, 2.05) is 25.5 Å². The third-order valence-electron chi connectivity index (χ3n) is 5.91. The average Bonchev–Trinajstić information content (AvgIpc) is 3.45. The smallest absolute Gasteiger partial charge is 0.203 e. The molecular weight excluding hydrogens is 463 g/mol. The van der Waals surface area contributed by atoms with Gasteiger partial charge in [0.25, 0.3) is 0 Å². The van der Waals surface area contributed by atoms with Gasteiger partial charge in [-0.1, -0.05) is 11.6 Å². The van der Waals surface area contributed by atoms with Crippen LogP contribution in [0.5, 0.6) is 0 Å². The molecule has 0 radical (unpaired) electrons. The van der Waals surface area contributed by atoms with E-state index in [1.165, 1.54) is 0 Å². The third-order valence-corrected chi connectivity index (χ3v) is 6.11. The number of pyridine rings is 1. The maximum absolute atomic E-state index is 14.8. The number of aromatic nitrogens is 8. The zero-order valence-electron chi connectivity index (χ0n) is 19.7. The van der Waals surface area contributed by atoms with Crippen molar-refractivity contribution < 1.29 is 13.9 Å². The predicted molar refractivity (Wildman–Crippen MR) is 124 cm³/mol. The first-order valence-corrected chi connectivity index (χ1v) is 11.5. The Hall–Kier alpha value is -2.89. The quantitative estimate of drug-likeness (QED) is 0.396. The van der Waals surface area contributed by atoms with Crippen LogP contribution in [0.25, 0.3) is 33.9 Å². The number of fused-ring (bicyclic) bond motifs is 1. The third kappa shape index (κ3) is 3.97. The maximum atomic E-state index is 14.8. The number of nitrogens with zero attached hydrogens (tertiary/aromatic N) is 8. The SMILES string of the molecule is CCn1nc(C)c(F)c1-c1nc(-c2nc(Cl)cc3c2cnn3CC2COC(C)(C)OC2)n(C)n1. The van der Waals surface area contributed by atoms with Crippen molar-refractivity contribution in [2.24, 2.45) is 13.0 Å². The Kier molecular flexibility index (Phi) is 5.65. The van der Waals surface area contributed by atoms with Crippen LogP contribution in [0.2, 0.25) is 5.15 Å². The summed E-state index contributed by atoms with van der Waals surface area (Å²) in [4.78, 5) is 9.13. The minimum absolute atomic E-state index is 0.147. The Morgan fingerprint density at radius 1 is 1.18 bits per heavy atom. The molecule has 0 amide bonds. The fourth-order valence-electron chi connectivity index (χ4n) is 4.13. The van der Waals surface area contributed by atoms with Gasteiger partial charge in [0.2, 0.25) is 5.82 Å². The van der Waals surface area contributed by atoms with Gasteiger partial charge in [-0.2, -0.15) is 10.2 Å². The minimum atomic E-state index is -0.572. The van der Waals surface area contributed by atoms with Crippen molar-refractivity contribution >= 4 is 22.5 Å². The Morgan fingerprint density at radius 2 is 1.91 bits per heavy atom. The van der Waals surface area contributed by atoms with Crippen LogP contribution in [0.4, 0.5) is 4.39 Å². The van der Waals surface area contributed by atoms with Crippen molar-refractivity contribution in [2.75, 3.05) is 13.2 Å². The van der Waals surface area contributed by atoms with Crippen LogP contribution in [0.15, 0.2) is 12.3 Å². The van der Waals surface area contributed by atoms with Crippen molar-refractivity contribution in [3.05, 3.63) is 28.9 Å². The van der Waals surface area contributed by atoms with E-state index in [4.69, 9.17) is 21.1 Å². The van der Waals surface area contributed by atoms with Crippen molar-refractivity contribution in [3.63, 3.8) is 0 Å². The number of hydrogen-bond donors (Lipinski definition) is 0. The zero-order chi connectivity index (χ0) is 24.2. The van der Waals surface area contributed by atoms with E-state index >= 15 is 0 Å². The molecule has 0 aromatic carbocycles. The standard InChI is InChI=1S/C22H26ClFN8O2/c1-6-31-19(17(24)12(2)28-31)20-27-21(30(5)29-20)18-14-8-25-32(15(14)7-16(23)26-18)9-13-10-33-22(3,4)34-11-13/h7-8,13H,6,9-11H2,1-5H3. The summed E-state index contributed by atoms with van der Waals surface area (Å²) in [5.74, 6) is -0.172. The first kappa shape index (κ1) is 22.9. The maximum Gasteiger partial charge on any atom is 0.203 e. The number of halogens is 2. The molecule has 0 atom stereocenters. The Balaban J connectivity index is 1.53. The monoisotopic (exact) mass is 488 g/mol. The highest BCUT2D eigenvalue weighted by Gasteiger charge is 2.29. The highest BCUT2D eigenvalue weighted by molar-refractivity contribution is 6.30. The first-order valence-electron chi connectivity index (χ1n) is 11.1. The lowest BCUT2D eigenvalue weighted by Gasteiger charge is -2.34. The van der Waals surface area contributed by atoms with Crippen LogP contribution >= 0.6 is 11.6 Å². The molecule has 34 heavy (non-hydrogen) atoms. The van der Waals surface area contributed by atoms with Gasteiger partial charge in [-0.25, -0.2) is 19.0 Å². The molecule has 1 aliphatic rings. The second-order valence-corrected chi connectivity index (χ2v) is 9.27. The second kappa shape index (κ2) is 8.40. The van der Waals surface area contributed by atoms with E-state index in [0.29, 0.717) is 48.7 Å². The molecule has 12 heteroatoms. The molecule has 0 saturated carbocycles. The summed E-state index contributed by atoms with van der Waals surface area (Å²) in [6.45, 7) is 9.55. The number of hydrogen-bond acceptors (Lipinski definition) is 7. The van der Waals surface area contributed by atoms with Crippen molar-refractivity contribution in [1.29, 1.82) is 0 Å². The van der Waals surface area contributed by atoms with E-state index in [1.54, 1.807) is 35.6 Å². The average molecular weight is 489 g/mol. The molecule has 0 bridgehead atoms. The van der Waals surface area contributed by atoms with Gasteiger partial charge in [0, 0.05) is 37.5 Å². The molecule has 0 unspecified atom stereocenters. The molecule has 4 aromatic rings. The van der Waals surface area contributed by atoms with Crippen LogP contribution in [0, 0.1) is 18.7 Å². The molecule has 4 aromatic heterocycles. The molecule has 5 heterocycles. The van der Waals surface area contributed by atoms with E-state index < -0.39 is 11.6 Å². The van der Waals surface area contributed by atoms with E-state index in [9.17, 15) is 4.39 Å². The predicted octanol–water partition coefficient (Wildman–Crippen LogP) is 3.61. The van der Waals surface area contributed by atoms with Crippen molar-refractivity contribution in [2.45, 2.75) is 46.6 Å². The Labute approximate surface area is 200 Å². The highest BCUT2D eigenvalue weighted by atomic mass is 35.5. The summed E-state index contributed by atoms with van der Waals surface area (Å²) < 4.78 is 31.3. The summed E-state index contributed by atoms with van der Waals surface area (Å²) >= 11 is 6.40. The van der Waals surface area contributed by atoms with Crippen LogP contribution in [0.1, 0.15) is 26.5 Å². The van der Waals surface area contributed by atoms with Gasteiger partial charge in [-0.3, -0.25) is 9.36 Å². The van der Waals surface area contributed by atoms with Crippen LogP contribution in [-0.2, 0) is 29.6 Å². The summed E-state index contributed by atoms with van der Waals surface area (Å²) in [5.41, 5.74) is 1.88. The molecule has 180 valence electrons. The minimum Gasteiger partial charge on any atom is -0.350 e. The van der Waals surface area contributed by atoms with Crippen LogP contribution < -0.4 is 0 Å². The van der Waals surface area contributed by atoms with Gasteiger partial charge in [-0.15, -0.1) is 5.10 Å². The fraction of sp³-hybridized carbons (Fsp3) is 0.500. The fourth-order valence-corrected chi connectivity index (χ4v) is 4.32. The molecule has 0 spiro atoms. The lowest BCUT2D eigenvalue weighted by atomic mass is 10.1. The van der Waals surface area contributed by atoms with Crippen molar-refractivity contribution in [3.8, 4) is 23.0 Å². The molecule has 5 rings (SSSR count). The van der Waals surface area contributed by atoms with Crippen molar-refractivity contribution in [1.82, 2.24) is 39.3 Å². The lowest BCUT2D eigenvalue weighted by molar-refractivity contribution is -0.263. The molecule has 10 nitrogen and oxygen atoms in total. The largest absolute Gasteiger partial charge is 0.350 e. The summed E-state index contributed by atoms with van der Waals surface area (Å²) in [5, 5.41) is 14.3. The van der Waals surface area contributed by atoms with Gasteiger partial charge >= 0.3 is 0 Å². The molecule has 0 aliphatic carbocycles. The number of aryl methyl sites for hydroxylation is 3. The Morgan fingerprint density at radius 3 is 2.62 bits per heavy atom. The second-order valence-electron chi connectivity index (χ2n) is 8.89. The molecule has 1 aliphatic heterocycles. The van der Waals surface area contributed by atoms with Crippen LogP contribution in [-0.4, -0.2) is 58.3 Å². The van der Waals surface area contributed by atoms with E-state index in [2.05, 4.69) is 25.3 Å². The van der Waals surface area contributed by atoms with Gasteiger partial charge in [-0.05, 0) is 27.7 Å². The van der Waals surface area contributed by atoms with E-state index in [-0.39, 0.29) is 17.4 Å². The normalized spacial score (nSPS) is 16.6. The lowest BCUT2D eigenvalue weighted by Crippen LogP contribution is -2.40. The highest BCUT2D eigenvalue weighted by Crippen LogP contribution is 2.31. The summed E-state index contributed by atoms with van der Waals surface area (Å²) in [7, 11) is 1.74.